The van der Waals surface area contributed by atoms with E-state index in [1.165, 1.54) is 12.3 Å². The predicted octanol–water partition coefficient (Wildman–Crippen LogP) is 4.85. The van der Waals surface area contributed by atoms with Crippen LogP contribution in [-0.2, 0) is 6.42 Å². The number of halogens is 1. The lowest BCUT2D eigenvalue weighted by Gasteiger charge is -2.54. The average molecular weight is 353 g/mol. The Kier molecular flexibility index (Phi) is 4.39. The van der Waals surface area contributed by atoms with Gasteiger partial charge in [-0.2, -0.15) is 0 Å². The number of pyridine rings is 1. The number of aromatic nitrogens is 1. The van der Waals surface area contributed by atoms with Gasteiger partial charge in [-0.3, -0.25) is 4.98 Å². The molecule has 2 unspecified atom stereocenters. The maximum atomic E-state index is 13.6. The molecule has 2 aromatic rings. The topological polar surface area (TPSA) is 45.2 Å². The second-order valence-corrected chi connectivity index (χ2v) is 7.57. The first-order valence-electron chi connectivity index (χ1n) is 9.38. The summed E-state index contributed by atoms with van der Waals surface area (Å²) in [5, 5.41) is 3.04. The summed E-state index contributed by atoms with van der Waals surface area (Å²) in [5.41, 5.74) is 3.48. The summed E-state index contributed by atoms with van der Waals surface area (Å²) in [6.45, 7) is 4.32. The maximum Gasteiger partial charge on any atom is 0.322 e. The molecule has 1 aromatic heterocycles. The van der Waals surface area contributed by atoms with Crippen molar-refractivity contribution in [2.45, 2.75) is 51.6 Å². The highest BCUT2D eigenvalue weighted by Gasteiger charge is 2.46. The Morgan fingerprint density at radius 1 is 1.23 bits per heavy atom. The van der Waals surface area contributed by atoms with E-state index < -0.39 is 0 Å². The van der Waals surface area contributed by atoms with Crippen LogP contribution in [0.2, 0.25) is 0 Å². The summed E-state index contributed by atoms with van der Waals surface area (Å²) in [7, 11) is 0. The van der Waals surface area contributed by atoms with Crippen molar-refractivity contribution < 1.29 is 9.18 Å². The van der Waals surface area contributed by atoms with Crippen LogP contribution in [0.25, 0.3) is 11.1 Å². The molecule has 4 rings (SSSR count). The molecular formula is C21H24FN3O. The molecular weight excluding hydrogens is 329 g/mol. The molecule has 5 heteroatoms. The molecule has 2 aliphatic heterocycles. The van der Waals surface area contributed by atoms with Crippen molar-refractivity contribution in [3.63, 3.8) is 0 Å². The first kappa shape index (κ1) is 17.0. The Balaban J connectivity index is 1.56. The molecule has 2 amide bonds. The van der Waals surface area contributed by atoms with Crippen LogP contribution >= 0.6 is 0 Å². The number of hydrogen-bond acceptors (Lipinski definition) is 2. The van der Waals surface area contributed by atoms with E-state index in [0.29, 0.717) is 18.0 Å². The number of hydrogen-bond donors (Lipinski definition) is 1. The molecule has 0 spiro atoms. The normalized spacial score (nSPS) is 24.1. The molecule has 0 saturated carbocycles. The predicted molar refractivity (Wildman–Crippen MR) is 100 cm³/mol. The van der Waals surface area contributed by atoms with Crippen LogP contribution in [0.1, 0.15) is 38.7 Å². The zero-order valence-electron chi connectivity index (χ0n) is 15.2. The van der Waals surface area contributed by atoms with Crippen molar-refractivity contribution in [2.24, 2.45) is 5.92 Å². The van der Waals surface area contributed by atoms with Gasteiger partial charge in [-0.15, -0.1) is 0 Å². The number of amides is 2. The number of nitrogens with zero attached hydrogens (tertiary/aromatic N) is 2. The number of carbonyl (C=O) groups excluding carboxylic acids is 1. The molecule has 2 aliphatic rings. The van der Waals surface area contributed by atoms with Gasteiger partial charge in [0.15, 0.2) is 0 Å². The van der Waals surface area contributed by atoms with Gasteiger partial charge < -0.3 is 10.2 Å². The van der Waals surface area contributed by atoms with Gasteiger partial charge in [-0.05, 0) is 60.9 Å². The van der Waals surface area contributed by atoms with Crippen LogP contribution in [0.4, 0.5) is 14.9 Å². The fourth-order valence-electron chi connectivity index (χ4n) is 4.46. The molecule has 2 fully saturated rings. The van der Waals surface area contributed by atoms with E-state index in [0.717, 1.165) is 48.1 Å². The highest BCUT2D eigenvalue weighted by Crippen LogP contribution is 2.41. The van der Waals surface area contributed by atoms with Gasteiger partial charge in [-0.1, -0.05) is 19.9 Å². The fourth-order valence-corrected chi connectivity index (χ4v) is 4.46. The number of benzene rings is 1. The Bertz CT molecular complexity index is 826. The third kappa shape index (κ3) is 3.06. The van der Waals surface area contributed by atoms with E-state index in [2.05, 4.69) is 24.1 Å². The standard InChI is InChI=1S/C21H24FN3O/c1-3-14-4-5-17(9-20(14)15-8-16(22)12-23-11-15)24-21(26)25-18-6-13(2)7-19(25)10-18/h4-5,8-9,11-13,18-19H,3,6-7,10H2,1-2H3,(H,24,26). The SMILES string of the molecule is CCc1ccc(NC(=O)N2C3CC(C)CC2C3)cc1-c1cncc(F)c1. The Hall–Kier alpha value is -2.43. The Morgan fingerprint density at radius 3 is 2.69 bits per heavy atom. The van der Waals surface area contributed by atoms with Crippen LogP contribution in [0, 0.1) is 11.7 Å². The molecule has 2 atom stereocenters. The molecule has 1 aromatic carbocycles. The van der Waals surface area contributed by atoms with Crippen molar-refractivity contribution in [3.05, 3.63) is 48.0 Å². The van der Waals surface area contributed by atoms with Gasteiger partial charge in [0.05, 0.1) is 6.20 Å². The van der Waals surface area contributed by atoms with E-state index in [4.69, 9.17) is 0 Å². The maximum absolute atomic E-state index is 13.6. The van der Waals surface area contributed by atoms with Crippen molar-refractivity contribution >= 4 is 11.7 Å². The second-order valence-electron chi connectivity index (χ2n) is 7.57. The number of piperidine rings is 1. The third-order valence-corrected chi connectivity index (χ3v) is 5.67. The van der Waals surface area contributed by atoms with Crippen molar-refractivity contribution in [1.29, 1.82) is 0 Å². The first-order chi connectivity index (χ1) is 12.5. The quantitative estimate of drug-likeness (QED) is 0.857. The molecule has 3 heterocycles. The smallest absolute Gasteiger partial charge is 0.318 e. The monoisotopic (exact) mass is 353 g/mol. The number of fused-ring (bicyclic) bond motifs is 2. The number of aryl methyl sites for hydroxylation is 1. The van der Waals surface area contributed by atoms with E-state index in [1.54, 1.807) is 6.20 Å². The van der Waals surface area contributed by atoms with Gasteiger partial charge in [-0.25, -0.2) is 9.18 Å². The molecule has 0 radical (unpaired) electrons. The number of rotatable bonds is 3. The van der Waals surface area contributed by atoms with Gasteiger partial charge in [0, 0.05) is 29.5 Å². The third-order valence-electron chi connectivity index (χ3n) is 5.67. The molecule has 26 heavy (non-hydrogen) atoms. The molecule has 2 saturated heterocycles. The Labute approximate surface area is 153 Å². The largest absolute Gasteiger partial charge is 0.322 e. The van der Waals surface area contributed by atoms with Crippen LogP contribution in [0.5, 0.6) is 0 Å². The van der Waals surface area contributed by atoms with Gasteiger partial charge in [0.2, 0.25) is 0 Å². The lowest BCUT2D eigenvalue weighted by molar-refractivity contribution is -0.00600. The zero-order chi connectivity index (χ0) is 18.3. The summed E-state index contributed by atoms with van der Waals surface area (Å²) in [5.74, 6) is 0.347. The number of urea groups is 1. The van der Waals surface area contributed by atoms with Gasteiger partial charge in [0.1, 0.15) is 5.82 Å². The minimum atomic E-state index is -0.360. The molecule has 2 bridgehead atoms. The summed E-state index contributed by atoms with van der Waals surface area (Å²) < 4.78 is 13.6. The summed E-state index contributed by atoms with van der Waals surface area (Å²) in [4.78, 5) is 18.7. The lowest BCUT2D eigenvalue weighted by Crippen LogP contribution is -2.63. The van der Waals surface area contributed by atoms with Crippen molar-refractivity contribution in [1.82, 2.24) is 9.88 Å². The fraction of sp³-hybridized carbons (Fsp3) is 0.429. The minimum Gasteiger partial charge on any atom is -0.318 e. The summed E-state index contributed by atoms with van der Waals surface area (Å²) in [6.07, 6.45) is 7.01. The van der Waals surface area contributed by atoms with E-state index in [9.17, 15) is 9.18 Å². The van der Waals surface area contributed by atoms with Crippen LogP contribution in [0.3, 0.4) is 0 Å². The van der Waals surface area contributed by atoms with Gasteiger partial charge in [0.25, 0.3) is 0 Å². The molecule has 0 aliphatic carbocycles. The van der Waals surface area contributed by atoms with Crippen LogP contribution < -0.4 is 5.32 Å². The Morgan fingerprint density at radius 2 is 2.00 bits per heavy atom. The number of anilines is 1. The van der Waals surface area contributed by atoms with Crippen LogP contribution in [-0.4, -0.2) is 28.0 Å². The minimum absolute atomic E-state index is 0.0225. The lowest BCUT2D eigenvalue weighted by atomic mass is 9.74. The van der Waals surface area contributed by atoms with E-state index >= 15 is 0 Å². The molecule has 136 valence electrons. The van der Waals surface area contributed by atoms with Crippen molar-refractivity contribution in [2.75, 3.05) is 5.32 Å². The summed E-state index contributed by atoms with van der Waals surface area (Å²) >= 11 is 0. The second kappa shape index (κ2) is 6.71. The van der Waals surface area contributed by atoms with Gasteiger partial charge >= 0.3 is 6.03 Å². The average Bonchev–Trinajstić information content (AvgIpc) is 2.61. The van der Waals surface area contributed by atoms with Crippen LogP contribution in [0.15, 0.2) is 36.7 Å². The van der Waals surface area contributed by atoms with E-state index in [-0.39, 0.29) is 11.8 Å². The highest BCUT2D eigenvalue weighted by molar-refractivity contribution is 5.91. The number of nitrogens with one attached hydrogen (secondary N) is 1. The van der Waals surface area contributed by atoms with Crippen molar-refractivity contribution in [3.8, 4) is 11.1 Å². The molecule has 4 nitrogen and oxygen atoms in total. The first-order valence-corrected chi connectivity index (χ1v) is 9.38. The van der Waals surface area contributed by atoms with E-state index in [1.807, 2.05) is 23.1 Å². The summed E-state index contributed by atoms with van der Waals surface area (Å²) in [6, 6.07) is 8.06. The number of carbonyl (C=O) groups is 1. The zero-order valence-corrected chi connectivity index (χ0v) is 15.2. The molecule has 1 N–H and O–H groups in total. The highest BCUT2D eigenvalue weighted by atomic mass is 19.1.